The summed E-state index contributed by atoms with van der Waals surface area (Å²) in [4.78, 5) is 45.2. The number of amides is 2. The first-order valence-electron chi connectivity index (χ1n) is 16.8. The molecule has 13 heteroatoms. The average molecular weight is 648 g/mol. The normalized spacial score (nSPS) is 22.3. The number of nitrogens with two attached hydrogens (primary N) is 1. The topological polar surface area (TPSA) is 144 Å². The number of fused-ring (bicyclic) bond motifs is 3. The maximum absolute atomic E-state index is 13.8. The highest BCUT2D eigenvalue weighted by atomic mass is 32.1. The number of carbonyl (C=O) groups excluding carboxylic acids is 2. The highest BCUT2D eigenvalue weighted by Crippen LogP contribution is 2.45. The van der Waals surface area contributed by atoms with Gasteiger partial charge < -0.3 is 20.3 Å². The zero-order valence-corrected chi connectivity index (χ0v) is 27.9. The number of anilines is 2. The zero-order valence-electron chi connectivity index (χ0n) is 27.1. The number of nitrogens with zero attached hydrogens (tertiary/aromatic N) is 7. The largest absolute Gasteiger partial charge is 0.368 e. The molecule has 246 valence electrons. The van der Waals surface area contributed by atoms with Gasteiger partial charge >= 0.3 is 0 Å². The number of ether oxygens (including phenoxy) is 1. The van der Waals surface area contributed by atoms with Crippen LogP contribution in [0.2, 0.25) is 0 Å². The number of nitrogens with one attached hydrogen (secondary N) is 1. The minimum atomic E-state index is -0.339. The second kappa shape index (κ2) is 12.6. The number of piperidine rings is 2. The van der Waals surface area contributed by atoms with Gasteiger partial charge in [-0.05, 0) is 75.8 Å². The molecule has 3 fully saturated rings. The molecule has 7 rings (SSSR count). The van der Waals surface area contributed by atoms with Crippen LogP contribution < -0.4 is 11.1 Å². The summed E-state index contributed by atoms with van der Waals surface area (Å²) in [6.07, 6.45) is 9.73. The Bertz CT molecular complexity index is 1600. The quantitative estimate of drug-likeness (QED) is 0.397. The Labute approximate surface area is 274 Å². The fourth-order valence-electron chi connectivity index (χ4n) is 7.55. The smallest absolute Gasteiger partial charge is 0.278 e. The first kappa shape index (κ1) is 31.2. The van der Waals surface area contributed by atoms with Crippen LogP contribution in [-0.4, -0.2) is 85.2 Å². The van der Waals surface area contributed by atoms with E-state index in [1.165, 1.54) is 37.3 Å². The predicted molar refractivity (Wildman–Crippen MR) is 177 cm³/mol. The number of aromatic nitrogens is 5. The molecule has 1 unspecified atom stereocenters. The van der Waals surface area contributed by atoms with Crippen LogP contribution in [0.5, 0.6) is 0 Å². The summed E-state index contributed by atoms with van der Waals surface area (Å²) in [5.41, 5.74) is 9.98. The van der Waals surface area contributed by atoms with Crippen molar-refractivity contribution in [3.05, 3.63) is 34.1 Å². The summed E-state index contributed by atoms with van der Waals surface area (Å²) in [6.45, 7) is 11.2. The van der Waals surface area contributed by atoms with Crippen LogP contribution in [0.15, 0.2) is 11.6 Å². The minimum absolute atomic E-state index is 0.0938. The van der Waals surface area contributed by atoms with Gasteiger partial charge in [0.1, 0.15) is 0 Å². The zero-order chi connectivity index (χ0) is 32.0. The summed E-state index contributed by atoms with van der Waals surface area (Å²) in [6, 6.07) is 0.584. The lowest BCUT2D eigenvalue weighted by Crippen LogP contribution is -2.49. The Hall–Kier alpha value is -3.42. The fraction of sp³-hybridized carbons (Fsp3) is 0.636. The average Bonchev–Trinajstić information content (AvgIpc) is 3.65. The van der Waals surface area contributed by atoms with Gasteiger partial charge in [-0.25, -0.2) is 19.6 Å². The molecular formula is C33H45N9O3S. The van der Waals surface area contributed by atoms with E-state index >= 15 is 0 Å². The van der Waals surface area contributed by atoms with E-state index in [1.807, 2.05) is 15.0 Å². The Kier molecular flexibility index (Phi) is 8.58. The van der Waals surface area contributed by atoms with E-state index < -0.39 is 0 Å². The molecule has 1 aliphatic carbocycles. The van der Waals surface area contributed by atoms with Crippen molar-refractivity contribution < 1.29 is 14.3 Å². The van der Waals surface area contributed by atoms with Crippen molar-refractivity contribution in [2.24, 2.45) is 5.92 Å². The van der Waals surface area contributed by atoms with Gasteiger partial charge in [-0.15, -0.1) is 11.3 Å². The molecule has 0 aromatic carbocycles. The molecule has 0 saturated carbocycles. The van der Waals surface area contributed by atoms with Gasteiger partial charge in [0.05, 0.1) is 23.5 Å². The van der Waals surface area contributed by atoms with Gasteiger partial charge in [0.15, 0.2) is 17.1 Å². The molecule has 1 atom stereocenters. The number of nitrogen functional groups attached to an aromatic ring is 1. The molecule has 2 amide bonds. The van der Waals surface area contributed by atoms with Crippen LogP contribution in [0.25, 0.3) is 11.4 Å². The minimum Gasteiger partial charge on any atom is -0.368 e. The van der Waals surface area contributed by atoms with Crippen molar-refractivity contribution in [1.82, 2.24) is 34.5 Å². The molecule has 46 heavy (non-hydrogen) atoms. The summed E-state index contributed by atoms with van der Waals surface area (Å²) >= 11 is 1.33. The first-order valence-corrected chi connectivity index (χ1v) is 17.7. The lowest BCUT2D eigenvalue weighted by molar-refractivity contribution is -0.132. The number of hydrogen-bond donors (Lipinski definition) is 2. The van der Waals surface area contributed by atoms with Gasteiger partial charge in [0, 0.05) is 48.4 Å². The summed E-state index contributed by atoms with van der Waals surface area (Å²) in [5.74, 6) is 0.755. The highest BCUT2D eigenvalue weighted by molar-refractivity contribution is 7.14. The van der Waals surface area contributed by atoms with E-state index in [0.29, 0.717) is 41.3 Å². The molecule has 3 aromatic rings. The van der Waals surface area contributed by atoms with Gasteiger partial charge in [-0.1, -0.05) is 20.8 Å². The van der Waals surface area contributed by atoms with Crippen LogP contribution in [0.4, 0.5) is 11.1 Å². The number of hydrogen-bond acceptors (Lipinski definition) is 10. The maximum atomic E-state index is 13.8. The Morgan fingerprint density at radius 1 is 1.09 bits per heavy atom. The number of likely N-dealkylation sites (tertiary alicyclic amines) is 2. The van der Waals surface area contributed by atoms with Crippen LogP contribution in [-0.2, 0) is 27.8 Å². The second-order valence-electron chi connectivity index (χ2n) is 14.1. The number of thiazole rings is 1. The molecule has 0 radical (unpaired) electrons. The summed E-state index contributed by atoms with van der Waals surface area (Å²) in [5, 5.41) is 10.1. The molecule has 12 nitrogen and oxygen atoms in total. The SMILES string of the molecule is CC1CCN(C2CCN(C(=O)Cc3csc(NC(=O)c4nn(C5CCCCO5)c5c4CC(C)(C)c4cnc(N)nc4-5)n3)CC2)CC1. The van der Waals surface area contributed by atoms with E-state index in [2.05, 4.69) is 45.9 Å². The van der Waals surface area contributed by atoms with Crippen molar-refractivity contribution >= 4 is 34.2 Å². The van der Waals surface area contributed by atoms with Gasteiger partial charge in [-0.2, -0.15) is 5.10 Å². The summed E-state index contributed by atoms with van der Waals surface area (Å²) < 4.78 is 7.94. The van der Waals surface area contributed by atoms with E-state index in [4.69, 9.17) is 15.6 Å². The van der Waals surface area contributed by atoms with E-state index in [0.717, 1.165) is 67.9 Å². The molecule has 3 saturated heterocycles. The maximum Gasteiger partial charge on any atom is 0.278 e. The third-order valence-electron chi connectivity index (χ3n) is 10.3. The molecular weight excluding hydrogens is 602 g/mol. The third-order valence-corrected chi connectivity index (χ3v) is 11.1. The van der Waals surface area contributed by atoms with Crippen LogP contribution >= 0.6 is 11.3 Å². The third kappa shape index (κ3) is 6.16. The monoisotopic (exact) mass is 647 g/mol. The summed E-state index contributed by atoms with van der Waals surface area (Å²) in [7, 11) is 0. The molecule has 3 aliphatic heterocycles. The van der Waals surface area contributed by atoms with Crippen LogP contribution in [0.1, 0.15) is 99.3 Å². The molecule has 0 spiro atoms. The number of rotatable bonds is 6. The molecule has 4 aliphatic rings. The fourth-order valence-corrected chi connectivity index (χ4v) is 8.25. The second-order valence-corrected chi connectivity index (χ2v) is 15.0. The van der Waals surface area contributed by atoms with Crippen molar-refractivity contribution in [2.75, 3.05) is 43.8 Å². The highest BCUT2D eigenvalue weighted by Gasteiger charge is 2.40. The first-order chi connectivity index (χ1) is 22.2. The van der Waals surface area contributed by atoms with E-state index in [-0.39, 0.29) is 35.8 Å². The standard InChI is InChI=1S/C33H45N9O3S/c1-20-7-11-40(12-8-20)22-9-13-41(14-10-22)25(43)16-21-19-46-32(36-21)38-30(44)27-23-17-33(2,3)24-18-35-31(34)37-28(24)29(23)42(39-27)26-6-4-5-15-45-26/h18-20,22,26H,4-17H2,1-3H3,(H2,34,35,37)(H,36,38,44). The predicted octanol–water partition coefficient (Wildman–Crippen LogP) is 4.43. The lowest BCUT2D eigenvalue weighted by atomic mass is 9.73. The van der Waals surface area contributed by atoms with Crippen molar-refractivity contribution in [2.45, 2.75) is 96.2 Å². The molecule has 0 bridgehead atoms. The Morgan fingerprint density at radius 2 is 1.87 bits per heavy atom. The van der Waals surface area contributed by atoms with Crippen LogP contribution in [0, 0.1) is 5.92 Å². The van der Waals surface area contributed by atoms with Gasteiger partial charge in [0.2, 0.25) is 11.9 Å². The Morgan fingerprint density at radius 3 is 2.61 bits per heavy atom. The number of carbonyl (C=O) groups is 2. The molecule has 6 heterocycles. The molecule has 3 N–H and O–H groups in total. The van der Waals surface area contributed by atoms with Gasteiger partial charge in [-0.3, -0.25) is 14.9 Å². The van der Waals surface area contributed by atoms with Crippen molar-refractivity contribution in [1.29, 1.82) is 0 Å². The molecule has 3 aromatic heterocycles. The van der Waals surface area contributed by atoms with E-state index in [1.54, 1.807) is 6.20 Å². The van der Waals surface area contributed by atoms with E-state index in [9.17, 15) is 9.59 Å². The lowest BCUT2D eigenvalue weighted by Gasteiger charge is -2.41. The van der Waals surface area contributed by atoms with Crippen molar-refractivity contribution in [3.8, 4) is 11.4 Å². The Balaban J connectivity index is 1.05. The van der Waals surface area contributed by atoms with Crippen molar-refractivity contribution in [3.63, 3.8) is 0 Å². The van der Waals surface area contributed by atoms with Crippen LogP contribution in [0.3, 0.4) is 0 Å². The van der Waals surface area contributed by atoms with Gasteiger partial charge in [0.25, 0.3) is 5.91 Å².